The number of rotatable bonds is 4. The normalized spacial score (nSPS) is 10.6. The first-order chi connectivity index (χ1) is 11.6. The molecule has 3 rings (SSSR count). The van der Waals surface area contributed by atoms with Gasteiger partial charge in [-0.2, -0.15) is 0 Å². The smallest absolute Gasteiger partial charge is 0.269 e. The van der Waals surface area contributed by atoms with Crippen LogP contribution in [0.3, 0.4) is 0 Å². The van der Waals surface area contributed by atoms with E-state index in [4.69, 9.17) is 0 Å². The molecule has 0 aliphatic heterocycles. The molecule has 0 bridgehead atoms. The van der Waals surface area contributed by atoms with Crippen molar-refractivity contribution in [1.29, 1.82) is 0 Å². The van der Waals surface area contributed by atoms with E-state index in [0.29, 0.717) is 26.9 Å². The summed E-state index contributed by atoms with van der Waals surface area (Å²) in [7, 11) is 0. The third kappa shape index (κ3) is 3.14. The van der Waals surface area contributed by atoms with E-state index in [0.717, 1.165) is 0 Å². The Bertz CT molecular complexity index is 938. The van der Waals surface area contributed by atoms with Gasteiger partial charge in [0.2, 0.25) is 0 Å². The summed E-state index contributed by atoms with van der Waals surface area (Å²) in [6, 6.07) is 10.9. The molecular formula is C18H15N3O2S. The van der Waals surface area contributed by atoms with Gasteiger partial charge in [-0.1, -0.05) is 18.2 Å². The van der Waals surface area contributed by atoms with Gasteiger partial charge < -0.3 is 0 Å². The number of nitrogens with zero attached hydrogens (tertiary/aromatic N) is 3. The lowest BCUT2D eigenvalue weighted by Crippen LogP contribution is -2.23. The van der Waals surface area contributed by atoms with Crippen molar-refractivity contribution in [2.24, 2.45) is 0 Å². The molecule has 24 heavy (non-hydrogen) atoms. The van der Waals surface area contributed by atoms with Crippen molar-refractivity contribution in [3.05, 3.63) is 76.5 Å². The lowest BCUT2D eigenvalue weighted by atomic mass is 10.1. The van der Waals surface area contributed by atoms with Crippen LogP contribution in [0.5, 0.6) is 0 Å². The summed E-state index contributed by atoms with van der Waals surface area (Å²) in [5.74, 6) is -0.0898. The van der Waals surface area contributed by atoms with Gasteiger partial charge in [0.25, 0.3) is 5.56 Å². The highest BCUT2D eigenvalue weighted by atomic mass is 32.2. The zero-order chi connectivity index (χ0) is 17.1. The number of aromatic nitrogens is 3. The zero-order valence-electron chi connectivity index (χ0n) is 13.3. The summed E-state index contributed by atoms with van der Waals surface area (Å²) in [6.07, 6.45) is 4.84. The zero-order valence-corrected chi connectivity index (χ0v) is 14.1. The minimum absolute atomic E-state index is 0.0898. The fourth-order valence-electron chi connectivity index (χ4n) is 2.36. The lowest BCUT2D eigenvalue weighted by molar-refractivity contribution is 0.101. The molecule has 0 amide bonds. The van der Waals surface area contributed by atoms with Crippen LogP contribution >= 0.6 is 11.8 Å². The van der Waals surface area contributed by atoms with Crippen molar-refractivity contribution in [3.63, 3.8) is 0 Å². The Morgan fingerprint density at radius 3 is 2.38 bits per heavy atom. The molecule has 0 aliphatic carbocycles. The Labute approximate surface area is 143 Å². The van der Waals surface area contributed by atoms with Crippen LogP contribution in [0.1, 0.15) is 22.8 Å². The molecule has 0 saturated heterocycles. The first-order valence-electron chi connectivity index (χ1n) is 7.35. The van der Waals surface area contributed by atoms with Gasteiger partial charge in [-0.15, -0.1) is 0 Å². The van der Waals surface area contributed by atoms with Crippen molar-refractivity contribution in [2.45, 2.75) is 23.9 Å². The van der Waals surface area contributed by atoms with Crippen molar-refractivity contribution >= 4 is 17.5 Å². The predicted molar refractivity (Wildman–Crippen MR) is 92.9 cm³/mol. The number of hydrogen-bond donors (Lipinski definition) is 0. The van der Waals surface area contributed by atoms with Gasteiger partial charge in [-0.05, 0) is 49.4 Å². The minimum atomic E-state index is -0.193. The van der Waals surface area contributed by atoms with Gasteiger partial charge in [-0.3, -0.25) is 14.2 Å². The van der Waals surface area contributed by atoms with Crippen LogP contribution in [0.15, 0.2) is 69.8 Å². The third-order valence-corrected chi connectivity index (χ3v) is 4.64. The minimum Gasteiger partial charge on any atom is -0.294 e. The van der Waals surface area contributed by atoms with Crippen LogP contribution in [0.4, 0.5) is 0 Å². The molecule has 2 heterocycles. The monoisotopic (exact) mass is 337 g/mol. The first kappa shape index (κ1) is 16.1. The van der Waals surface area contributed by atoms with Crippen molar-refractivity contribution in [2.75, 3.05) is 0 Å². The van der Waals surface area contributed by atoms with Crippen LogP contribution in [0, 0.1) is 6.92 Å². The molecule has 0 fully saturated rings. The third-order valence-electron chi connectivity index (χ3n) is 3.56. The molecule has 2 aromatic heterocycles. The lowest BCUT2D eigenvalue weighted by Gasteiger charge is -2.13. The maximum atomic E-state index is 12.9. The van der Waals surface area contributed by atoms with Crippen molar-refractivity contribution in [1.82, 2.24) is 14.5 Å². The molecule has 0 spiro atoms. The molecule has 5 nitrogen and oxygen atoms in total. The first-order valence-corrected chi connectivity index (χ1v) is 8.17. The maximum absolute atomic E-state index is 12.9. The molecule has 0 radical (unpaired) electrons. The topological polar surface area (TPSA) is 64.8 Å². The van der Waals surface area contributed by atoms with Gasteiger partial charge in [0.05, 0.1) is 4.90 Å². The number of hydrogen-bond acceptors (Lipinski definition) is 5. The summed E-state index contributed by atoms with van der Waals surface area (Å²) in [5.41, 5.74) is 1.68. The number of Topliss-reactive ketones (excluding diaryl/α,β-unsaturated/α-hetero) is 1. The summed E-state index contributed by atoms with van der Waals surface area (Å²) in [6.45, 7) is 3.27. The largest absolute Gasteiger partial charge is 0.294 e. The van der Waals surface area contributed by atoms with Crippen LogP contribution < -0.4 is 5.56 Å². The van der Waals surface area contributed by atoms with Crippen LogP contribution in [-0.4, -0.2) is 20.3 Å². The Balaban J connectivity index is 2.22. The van der Waals surface area contributed by atoms with Gasteiger partial charge in [0.15, 0.2) is 10.9 Å². The van der Waals surface area contributed by atoms with Crippen LogP contribution in [0.2, 0.25) is 0 Å². The van der Waals surface area contributed by atoms with E-state index in [9.17, 15) is 9.59 Å². The number of ketones is 1. The highest BCUT2D eigenvalue weighted by Gasteiger charge is 2.18. The average Bonchev–Trinajstić information content (AvgIpc) is 2.60. The average molecular weight is 337 g/mol. The summed E-state index contributed by atoms with van der Waals surface area (Å²) < 4.78 is 1.50. The second-order valence-electron chi connectivity index (χ2n) is 5.20. The van der Waals surface area contributed by atoms with E-state index in [1.165, 1.54) is 23.3 Å². The number of benzene rings is 1. The molecule has 120 valence electrons. The Hall–Kier alpha value is -2.73. The predicted octanol–water partition coefficient (Wildman–Crippen LogP) is 3.29. The molecule has 0 atom stereocenters. The Morgan fingerprint density at radius 2 is 1.75 bits per heavy atom. The van der Waals surface area contributed by atoms with Gasteiger partial charge in [-0.25, -0.2) is 9.97 Å². The summed E-state index contributed by atoms with van der Waals surface area (Å²) in [5, 5.41) is 0.470. The van der Waals surface area contributed by atoms with E-state index in [2.05, 4.69) is 9.97 Å². The Kier molecular flexibility index (Phi) is 4.57. The van der Waals surface area contributed by atoms with Gasteiger partial charge in [0.1, 0.15) is 0 Å². The SMILES string of the molecule is CC(=O)c1cn(-c2ccccc2)c(=O)c(Sc2ncccn2)c1C. The number of para-hydroxylation sites is 1. The highest BCUT2D eigenvalue weighted by molar-refractivity contribution is 7.99. The standard InChI is InChI=1S/C18H15N3O2S/c1-12-15(13(2)22)11-21(14-7-4-3-5-8-14)17(23)16(12)24-18-19-9-6-10-20-18/h3-11H,1-2H3. The Morgan fingerprint density at radius 1 is 1.08 bits per heavy atom. The molecule has 0 N–H and O–H groups in total. The van der Waals surface area contributed by atoms with E-state index in [1.54, 1.807) is 31.6 Å². The van der Waals surface area contributed by atoms with E-state index in [1.807, 2.05) is 30.3 Å². The summed E-state index contributed by atoms with van der Waals surface area (Å²) >= 11 is 1.17. The second kappa shape index (κ2) is 6.80. The molecule has 0 aliphatic rings. The van der Waals surface area contributed by atoms with Crippen LogP contribution in [0.25, 0.3) is 5.69 Å². The molecule has 0 saturated carbocycles. The number of pyridine rings is 1. The van der Waals surface area contributed by atoms with E-state index < -0.39 is 0 Å². The fourth-order valence-corrected chi connectivity index (χ4v) is 3.22. The molecule has 0 unspecified atom stereocenters. The molecule has 3 aromatic rings. The van der Waals surface area contributed by atoms with E-state index in [-0.39, 0.29) is 11.3 Å². The van der Waals surface area contributed by atoms with Crippen molar-refractivity contribution in [3.8, 4) is 5.69 Å². The number of carbonyl (C=O) groups excluding carboxylic acids is 1. The number of carbonyl (C=O) groups is 1. The quantitative estimate of drug-likeness (QED) is 0.540. The molecular weight excluding hydrogens is 322 g/mol. The van der Waals surface area contributed by atoms with Gasteiger partial charge in [0, 0.05) is 29.8 Å². The van der Waals surface area contributed by atoms with Crippen LogP contribution in [-0.2, 0) is 0 Å². The molecule has 1 aromatic carbocycles. The van der Waals surface area contributed by atoms with E-state index >= 15 is 0 Å². The van der Waals surface area contributed by atoms with Gasteiger partial charge >= 0.3 is 0 Å². The second-order valence-corrected chi connectivity index (χ2v) is 6.17. The molecule has 6 heteroatoms. The summed E-state index contributed by atoms with van der Waals surface area (Å²) in [4.78, 5) is 33.7. The fraction of sp³-hybridized carbons (Fsp3) is 0.111. The highest BCUT2D eigenvalue weighted by Crippen LogP contribution is 2.27. The van der Waals surface area contributed by atoms with Crippen molar-refractivity contribution < 1.29 is 4.79 Å². The maximum Gasteiger partial charge on any atom is 0.269 e.